The van der Waals surface area contributed by atoms with E-state index in [4.69, 9.17) is 33.5 Å². The second-order valence-corrected chi connectivity index (χ2v) is 20.1. The fourth-order valence-corrected chi connectivity index (χ4v) is 15.0. The average molecular weight is 681 g/mol. The summed E-state index contributed by atoms with van der Waals surface area (Å²) in [6, 6.07) is 0. The van der Waals surface area contributed by atoms with Crippen molar-refractivity contribution in [2.75, 3.05) is 6.61 Å². The molecule has 0 radical (unpaired) electrons. The van der Waals surface area contributed by atoms with Gasteiger partial charge in [0, 0.05) is 30.6 Å². The number of ether oxygens (including phenoxy) is 5. The molecule has 5 aliphatic carbocycles. The van der Waals surface area contributed by atoms with Crippen LogP contribution in [0.15, 0.2) is 11.6 Å². The molecule has 0 N–H and O–H groups in total. The predicted octanol–water partition coefficient (Wildman–Crippen LogP) is 8.95. The van der Waals surface area contributed by atoms with Gasteiger partial charge in [-0.15, -0.1) is 0 Å². The van der Waals surface area contributed by atoms with E-state index in [0.29, 0.717) is 47.0 Å². The molecule has 0 amide bonds. The molecule has 7 nitrogen and oxygen atoms in total. The molecular formula is C42H64O7. The third kappa shape index (κ3) is 4.45. The van der Waals surface area contributed by atoms with Gasteiger partial charge in [0.1, 0.15) is 0 Å². The zero-order valence-electron chi connectivity index (χ0n) is 31.4. The van der Waals surface area contributed by atoms with Crippen LogP contribution in [0, 0.1) is 70.0 Å². The van der Waals surface area contributed by atoms with Gasteiger partial charge in [0.2, 0.25) is 5.79 Å². The van der Waals surface area contributed by atoms with Crippen molar-refractivity contribution in [2.24, 2.45) is 70.0 Å². The maximum Gasteiger partial charge on any atom is 0.201 e. The van der Waals surface area contributed by atoms with E-state index in [1.165, 1.54) is 44.9 Å². The van der Waals surface area contributed by atoms with Gasteiger partial charge >= 0.3 is 0 Å². The van der Waals surface area contributed by atoms with E-state index in [0.717, 1.165) is 62.9 Å². The van der Waals surface area contributed by atoms with E-state index in [1.807, 2.05) is 6.92 Å². The molecule has 11 aliphatic rings. The van der Waals surface area contributed by atoms with E-state index >= 15 is 0 Å². The van der Waals surface area contributed by atoms with E-state index in [2.05, 4.69) is 47.6 Å². The maximum absolute atomic E-state index is 7.06. The zero-order chi connectivity index (χ0) is 33.7. The molecule has 7 heteroatoms. The van der Waals surface area contributed by atoms with Crippen LogP contribution < -0.4 is 0 Å². The topological polar surface area (TPSA) is 64.6 Å². The van der Waals surface area contributed by atoms with Crippen molar-refractivity contribution in [2.45, 2.75) is 174 Å². The summed E-state index contributed by atoms with van der Waals surface area (Å²) in [5, 5.41) is 0. The van der Waals surface area contributed by atoms with Crippen molar-refractivity contribution < 1.29 is 33.5 Å². The van der Waals surface area contributed by atoms with Crippen LogP contribution in [-0.4, -0.2) is 48.6 Å². The Morgan fingerprint density at radius 3 is 2.45 bits per heavy atom. The van der Waals surface area contributed by atoms with Crippen molar-refractivity contribution >= 4 is 0 Å². The van der Waals surface area contributed by atoms with Crippen molar-refractivity contribution in [1.82, 2.24) is 0 Å². The van der Waals surface area contributed by atoms with Crippen LogP contribution in [0.3, 0.4) is 0 Å². The lowest BCUT2D eigenvalue weighted by Gasteiger charge is -2.61. The smallest absolute Gasteiger partial charge is 0.201 e. The summed E-state index contributed by atoms with van der Waals surface area (Å²) in [5.74, 6) is 4.45. The molecule has 19 atom stereocenters. The molecule has 8 unspecified atom stereocenters. The Kier molecular flexibility index (Phi) is 7.43. The highest BCUT2D eigenvalue weighted by molar-refractivity contribution is 5.26. The van der Waals surface area contributed by atoms with Crippen LogP contribution in [0.5, 0.6) is 0 Å². The van der Waals surface area contributed by atoms with Gasteiger partial charge < -0.3 is 23.7 Å². The van der Waals surface area contributed by atoms with E-state index in [9.17, 15) is 0 Å². The van der Waals surface area contributed by atoms with Crippen LogP contribution in [0.25, 0.3) is 0 Å². The molecule has 6 heterocycles. The minimum absolute atomic E-state index is 0.190. The molecule has 6 aliphatic heterocycles. The summed E-state index contributed by atoms with van der Waals surface area (Å²) < 4.78 is 34.2. The summed E-state index contributed by atoms with van der Waals surface area (Å²) >= 11 is 0. The predicted molar refractivity (Wildman–Crippen MR) is 183 cm³/mol. The molecular weight excluding hydrogens is 616 g/mol. The lowest BCUT2D eigenvalue weighted by molar-refractivity contribution is -0.578. The van der Waals surface area contributed by atoms with Crippen LogP contribution >= 0.6 is 0 Å². The Balaban J connectivity index is 0.849. The number of allylic oxidation sites excluding steroid dienone is 1. The first-order valence-electron chi connectivity index (χ1n) is 20.8. The zero-order valence-corrected chi connectivity index (χ0v) is 31.4. The van der Waals surface area contributed by atoms with Gasteiger partial charge in [-0.1, -0.05) is 53.2 Å². The van der Waals surface area contributed by atoms with E-state index in [1.54, 1.807) is 5.57 Å². The monoisotopic (exact) mass is 680 g/mol. The molecule has 11 rings (SSSR count). The van der Waals surface area contributed by atoms with Crippen LogP contribution in [0.1, 0.15) is 132 Å². The molecule has 10 fully saturated rings. The van der Waals surface area contributed by atoms with Gasteiger partial charge in [-0.25, -0.2) is 9.78 Å². The fraction of sp³-hybridized carbons (Fsp3) is 0.952. The van der Waals surface area contributed by atoms with Crippen molar-refractivity contribution in [1.29, 1.82) is 0 Å². The fourth-order valence-electron chi connectivity index (χ4n) is 15.0. The first-order chi connectivity index (χ1) is 23.4. The Morgan fingerprint density at radius 2 is 1.63 bits per heavy atom. The number of hydrogen-bond donors (Lipinski definition) is 0. The minimum atomic E-state index is -0.749. The second-order valence-electron chi connectivity index (χ2n) is 20.1. The highest BCUT2D eigenvalue weighted by atomic mass is 17.3. The number of fused-ring (bicyclic) bond motifs is 9. The second kappa shape index (κ2) is 11.0. The third-order valence-electron chi connectivity index (χ3n) is 17.7. The van der Waals surface area contributed by atoms with Gasteiger partial charge in [-0.2, -0.15) is 0 Å². The van der Waals surface area contributed by atoms with Crippen LogP contribution in [0.2, 0.25) is 0 Å². The summed E-state index contributed by atoms with van der Waals surface area (Å²) in [6.07, 6.45) is 17.6. The van der Waals surface area contributed by atoms with Gasteiger partial charge in [0.25, 0.3) is 0 Å². The van der Waals surface area contributed by atoms with Crippen molar-refractivity contribution in [3.05, 3.63) is 11.6 Å². The average Bonchev–Trinajstić information content (AvgIpc) is 3.39. The minimum Gasteiger partial charge on any atom is -0.349 e. The summed E-state index contributed by atoms with van der Waals surface area (Å²) in [6.45, 7) is 17.7. The Morgan fingerprint density at radius 1 is 0.796 bits per heavy atom. The van der Waals surface area contributed by atoms with E-state index in [-0.39, 0.29) is 29.5 Å². The Hall–Kier alpha value is -0.540. The molecule has 4 saturated carbocycles. The van der Waals surface area contributed by atoms with Crippen molar-refractivity contribution in [3.8, 4) is 0 Å². The highest BCUT2D eigenvalue weighted by Crippen LogP contribution is 2.71. The maximum atomic E-state index is 7.06. The molecule has 0 aromatic heterocycles. The summed E-state index contributed by atoms with van der Waals surface area (Å²) in [5.41, 5.74) is 1.77. The first kappa shape index (κ1) is 33.1. The van der Waals surface area contributed by atoms with E-state index < -0.39 is 17.7 Å². The van der Waals surface area contributed by atoms with Gasteiger partial charge in [0.15, 0.2) is 24.0 Å². The van der Waals surface area contributed by atoms with Gasteiger partial charge in [-0.05, 0) is 130 Å². The Bertz CT molecular complexity index is 1360. The first-order valence-corrected chi connectivity index (χ1v) is 20.8. The lowest BCUT2D eigenvalue weighted by Crippen LogP contribution is -2.70. The van der Waals surface area contributed by atoms with Gasteiger partial charge in [0.05, 0.1) is 18.8 Å². The molecule has 2 bridgehead atoms. The molecule has 0 aromatic rings. The molecule has 2 spiro atoms. The molecule has 274 valence electrons. The van der Waals surface area contributed by atoms with Crippen molar-refractivity contribution in [3.63, 3.8) is 0 Å². The summed E-state index contributed by atoms with van der Waals surface area (Å²) in [7, 11) is 0. The highest BCUT2D eigenvalue weighted by Gasteiger charge is 2.71. The van der Waals surface area contributed by atoms with Crippen LogP contribution in [-0.2, 0) is 33.5 Å². The molecule has 6 saturated heterocycles. The SMILES string of the molecule is CC1CC[C@]2(OC1)O[C@H]1CC3C4CC=C5C[C@@H](OC6OC7O[C@@]8(C)CCC9[C@H](C)CCC([C@H]6C)[C@@]79OO8)CC[C@]5(C)C4CC[C@]3(C)[C@H]1[C@@H]2C. The Labute approximate surface area is 295 Å². The third-order valence-corrected chi connectivity index (χ3v) is 17.7. The largest absolute Gasteiger partial charge is 0.349 e. The standard InChI is InChI=1S/C42H64O7/c1-23-12-19-41(43-22-23)26(4)35-34(46-41)21-33-29-10-9-27-20-28(13-16-38(27,5)32(29)14-17-39(33,35)6)44-36-25(3)31-11-8-24(2)30-15-18-40(7)47-37(45-36)42(30,31)49-48-40/h9,23-26,28-37H,8,10-22H2,1-7H3/t23?,24-,25-,26+,28+,29?,30?,31?,32?,33?,34+,35+,36?,37?,38+,39+,40-,41+,42-/m1/s1. The molecule has 0 aromatic carbocycles. The quantitative estimate of drug-likeness (QED) is 0.213. The lowest BCUT2D eigenvalue weighted by atomic mass is 9.47. The molecule has 49 heavy (non-hydrogen) atoms. The normalized spacial score (nSPS) is 62.0. The summed E-state index contributed by atoms with van der Waals surface area (Å²) in [4.78, 5) is 12.5. The van der Waals surface area contributed by atoms with Gasteiger partial charge in [-0.3, -0.25) is 0 Å². The number of hydrogen-bond acceptors (Lipinski definition) is 7. The van der Waals surface area contributed by atoms with Crippen LogP contribution in [0.4, 0.5) is 0 Å². The number of rotatable bonds is 2.